The summed E-state index contributed by atoms with van der Waals surface area (Å²) < 4.78 is 27.8. The van der Waals surface area contributed by atoms with Crippen molar-refractivity contribution in [3.05, 3.63) is 28.8 Å². The molecule has 2 rings (SSSR count). The number of benzene rings is 1. The molecule has 21 heavy (non-hydrogen) atoms. The maximum Gasteiger partial charge on any atom is 0.255 e. The molecule has 1 fully saturated rings. The van der Waals surface area contributed by atoms with Crippen LogP contribution >= 0.6 is 11.6 Å². The van der Waals surface area contributed by atoms with E-state index in [-0.39, 0.29) is 27.4 Å². The van der Waals surface area contributed by atoms with Crippen LogP contribution in [0.15, 0.2) is 23.1 Å². The van der Waals surface area contributed by atoms with Gasteiger partial charge in [0.1, 0.15) is 0 Å². The van der Waals surface area contributed by atoms with Crippen LogP contribution < -0.4 is 5.14 Å². The first-order chi connectivity index (χ1) is 9.84. The third kappa shape index (κ3) is 3.94. The average Bonchev–Trinajstić information content (AvgIpc) is 3.22. The van der Waals surface area contributed by atoms with Gasteiger partial charge in [0.15, 0.2) is 0 Å². The van der Waals surface area contributed by atoms with Crippen LogP contribution in [0.2, 0.25) is 5.02 Å². The molecular weight excluding hydrogens is 316 g/mol. The van der Waals surface area contributed by atoms with Gasteiger partial charge in [0.2, 0.25) is 10.0 Å². The Labute approximate surface area is 128 Å². The number of methoxy groups -OCH3 is 1. The number of nitrogens with zero attached hydrogens (tertiary/aromatic N) is 1. The molecule has 1 aliphatic carbocycles. The van der Waals surface area contributed by atoms with E-state index >= 15 is 0 Å². The summed E-state index contributed by atoms with van der Waals surface area (Å²) in [4.78, 5) is 14.1. The maximum atomic E-state index is 12.6. The molecule has 1 amide bonds. The summed E-state index contributed by atoms with van der Waals surface area (Å²) in [5.41, 5.74) is 0.145. The summed E-state index contributed by atoms with van der Waals surface area (Å²) in [5.74, 6) is -0.301. The van der Waals surface area contributed by atoms with Crippen LogP contribution in [-0.2, 0) is 14.8 Å². The van der Waals surface area contributed by atoms with Gasteiger partial charge in [-0.3, -0.25) is 4.79 Å². The molecule has 0 unspecified atom stereocenters. The third-order valence-electron chi connectivity index (χ3n) is 3.28. The fraction of sp³-hybridized carbons (Fsp3) is 0.462. The molecule has 1 aromatic rings. The monoisotopic (exact) mass is 332 g/mol. The number of primary sulfonamides is 1. The van der Waals surface area contributed by atoms with Crippen molar-refractivity contribution >= 4 is 27.5 Å². The molecule has 8 heteroatoms. The highest BCUT2D eigenvalue weighted by Crippen LogP contribution is 2.30. The Hall–Kier alpha value is -1.15. The minimum atomic E-state index is -3.88. The van der Waals surface area contributed by atoms with Crippen LogP contribution in [0, 0.1) is 0 Å². The molecule has 0 atom stereocenters. The molecule has 116 valence electrons. The summed E-state index contributed by atoms with van der Waals surface area (Å²) in [7, 11) is -2.32. The maximum absolute atomic E-state index is 12.6. The molecule has 1 saturated carbocycles. The summed E-state index contributed by atoms with van der Waals surface area (Å²) >= 11 is 6.03. The minimum Gasteiger partial charge on any atom is -0.383 e. The molecule has 6 nitrogen and oxygen atoms in total. The predicted molar refractivity (Wildman–Crippen MR) is 78.8 cm³/mol. The standard InChI is InChI=1S/C13H17ClN2O4S/c1-20-7-6-16(9-2-3-9)13(17)11-8-10(21(15,18)19)4-5-12(11)14/h4-5,8-9H,2-3,6-7H2,1H3,(H2,15,18,19). The molecule has 0 aromatic heterocycles. The van der Waals surface area contributed by atoms with E-state index in [1.807, 2.05) is 0 Å². The number of halogens is 1. The molecule has 1 aromatic carbocycles. The number of sulfonamides is 1. The van der Waals surface area contributed by atoms with E-state index in [4.69, 9.17) is 21.5 Å². The molecular formula is C13H17ClN2O4S. The van der Waals surface area contributed by atoms with Crippen LogP contribution in [0.3, 0.4) is 0 Å². The van der Waals surface area contributed by atoms with Gasteiger partial charge < -0.3 is 9.64 Å². The number of carbonyl (C=O) groups is 1. The SMILES string of the molecule is COCCN(C(=O)c1cc(S(N)(=O)=O)ccc1Cl)C1CC1. The van der Waals surface area contributed by atoms with E-state index < -0.39 is 10.0 Å². The molecule has 0 saturated heterocycles. The minimum absolute atomic E-state index is 0.127. The van der Waals surface area contributed by atoms with Crippen molar-refractivity contribution in [2.45, 2.75) is 23.8 Å². The summed E-state index contributed by atoms with van der Waals surface area (Å²) in [6.07, 6.45) is 1.86. The zero-order chi connectivity index (χ0) is 15.6. The molecule has 0 aliphatic heterocycles. The van der Waals surface area contributed by atoms with Gasteiger partial charge in [0, 0.05) is 19.7 Å². The first kappa shape index (κ1) is 16.2. The molecule has 0 heterocycles. The number of hydrogen-bond acceptors (Lipinski definition) is 4. The van der Waals surface area contributed by atoms with E-state index in [9.17, 15) is 13.2 Å². The fourth-order valence-electron chi connectivity index (χ4n) is 2.03. The Morgan fingerprint density at radius 3 is 2.67 bits per heavy atom. The highest BCUT2D eigenvalue weighted by molar-refractivity contribution is 7.89. The van der Waals surface area contributed by atoms with Gasteiger partial charge in [-0.2, -0.15) is 0 Å². The van der Waals surface area contributed by atoms with Crippen molar-refractivity contribution in [2.75, 3.05) is 20.3 Å². The Morgan fingerprint density at radius 2 is 2.14 bits per heavy atom. The number of hydrogen-bond donors (Lipinski definition) is 1. The van der Waals surface area contributed by atoms with E-state index in [2.05, 4.69) is 0 Å². The lowest BCUT2D eigenvalue weighted by molar-refractivity contribution is 0.0680. The van der Waals surface area contributed by atoms with Crippen molar-refractivity contribution in [2.24, 2.45) is 5.14 Å². The topological polar surface area (TPSA) is 89.7 Å². The molecule has 2 N–H and O–H groups in total. The third-order valence-corrected chi connectivity index (χ3v) is 4.52. The molecule has 0 spiro atoms. The number of rotatable bonds is 6. The first-order valence-electron chi connectivity index (χ1n) is 6.47. The van der Waals surface area contributed by atoms with Crippen molar-refractivity contribution in [1.82, 2.24) is 4.90 Å². The van der Waals surface area contributed by atoms with Crippen molar-refractivity contribution in [1.29, 1.82) is 0 Å². The Morgan fingerprint density at radius 1 is 1.48 bits per heavy atom. The Kier molecular flexibility index (Phi) is 4.88. The quantitative estimate of drug-likeness (QED) is 0.848. The van der Waals surface area contributed by atoms with Crippen LogP contribution in [0.5, 0.6) is 0 Å². The molecule has 0 radical (unpaired) electrons. The van der Waals surface area contributed by atoms with Crippen molar-refractivity contribution < 1.29 is 17.9 Å². The van der Waals surface area contributed by atoms with Crippen LogP contribution in [0.25, 0.3) is 0 Å². The lowest BCUT2D eigenvalue weighted by Gasteiger charge is -2.22. The Bertz CT molecular complexity index is 644. The van der Waals surface area contributed by atoms with Crippen LogP contribution in [-0.4, -0.2) is 45.5 Å². The van der Waals surface area contributed by atoms with Gasteiger partial charge in [0.05, 0.1) is 22.1 Å². The molecule has 0 bridgehead atoms. The van der Waals surface area contributed by atoms with Crippen molar-refractivity contribution in [3.8, 4) is 0 Å². The lowest BCUT2D eigenvalue weighted by atomic mass is 10.2. The van der Waals surface area contributed by atoms with Crippen LogP contribution in [0.4, 0.5) is 0 Å². The van der Waals surface area contributed by atoms with Gasteiger partial charge in [-0.15, -0.1) is 0 Å². The number of nitrogens with two attached hydrogens (primary N) is 1. The lowest BCUT2D eigenvalue weighted by Crippen LogP contribution is -2.36. The van der Waals surface area contributed by atoms with E-state index in [0.29, 0.717) is 13.2 Å². The number of ether oxygens (including phenoxy) is 1. The normalized spacial score (nSPS) is 15.0. The smallest absolute Gasteiger partial charge is 0.255 e. The van der Waals surface area contributed by atoms with Gasteiger partial charge in [-0.25, -0.2) is 13.6 Å². The summed E-state index contributed by atoms with van der Waals surface area (Å²) in [5, 5.41) is 5.29. The second-order valence-electron chi connectivity index (χ2n) is 4.91. The van der Waals surface area contributed by atoms with Crippen LogP contribution in [0.1, 0.15) is 23.2 Å². The highest BCUT2D eigenvalue weighted by atomic mass is 35.5. The second kappa shape index (κ2) is 6.31. The number of amides is 1. The van der Waals surface area contributed by atoms with Gasteiger partial charge >= 0.3 is 0 Å². The fourth-order valence-corrected chi connectivity index (χ4v) is 2.76. The van der Waals surface area contributed by atoms with Gasteiger partial charge in [0.25, 0.3) is 5.91 Å². The largest absolute Gasteiger partial charge is 0.383 e. The highest BCUT2D eigenvalue weighted by Gasteiger charge is 2.33. The Balaban J connectivity index is 2.32. The predicted octanol–water partition coefficient (Wildman–Crippen LogP) is 1.24. The van der Waals surface area contributed by atoms with E-state index in [1.165, 1.54) is 18.2 Å². The second-order valence-corrected chi connectivity index (χ2v) is 6.88. The van der Waals surface area contributed by atoms with Gasteiger partial charge in [-0.05, 0) is 31.0 Å². The zero-order valence-electron chi connectivity index (χ0n) is 11.6. The molecule has 1 aliphatic rings. The van der Waals surface area contributed by atoms with Crippen molar-refractivity contribution in [3.63, 3.8) is 0 Å². The first-order valence-corrected chi connectivity index (χ1v) is 8.39. The van der Waals surface area contributed by atoms with E-state index in [0.717, 1.165) is 12.8 Å². The van der Waals surface area contributed by atoms with Gasteiger partial charge in [-0.1, -0.05) is 11.6 Å². The van der Waals surface area contributed by atoms with E-state index in [1.54, 1.807) is 12.0 Å². The zero-order valence-corrected chi connectivity index (χ0v) is 13.2. The number of carbonyl (C=O) groups excluding carboxylic acids is 1. The summed E-state index contributed by atoms with van der Waals surface area (Å²) in [6.45, 7) is 0.852. The average molecular weight is 333 g/mol. The summed E-state index contributed by atoms with van der Waals surface area (Å²) in [6, 6.07) is 4.05.